The number of ether oxygens (including phenoxy) is 1. The number of halogens is 3. The number of hydrogen-bond donors (Lipinski definition) is 2. The van der Waals surface area contributed by atoms with Gasteiger partial charge in [-0.25, -0.2) is 9.19 Å². The molecule has 0 saturated carbocycles. The van der Waals surface area contributed by atoms with Gasteiger partial charge in [-0.3, -0.25) is 5.14 Å². The summed E-state index contributed by atoms with van der Waals surface area (Å²) in [5, 5.41) is 16.7. The summed E-state index contributed by atoms with van der Waals surface area (Å²) in [6, 6.07) is 15.1. The van der Waals surface area contributed by atoms with Gasteiger partial charge >= 0.3 is 6.61 Å². The number of aromatic nitrogens is 2. The number of hydrogen-bond acceptors (Lipinski definition) is 4. The van der Waals surface area contributed by atoms with E-state index in [0.717, 1.165) is 11.1 Å². The van der Waals surface area contributed by atoms with Crippen LogP contribution in [-0.4, -0.2) is 31.2 Å². The zero-order valence-corrected chi connectivity index (χ0v) is 19.3. The van der Waals surface area contributed by atoms with Crippen LogP contribution in [0.15, 0.2) is 65.7 Å². The molecule has 10 heteroatoms. The van der Waals surface area contributed by atoms with Crippen LogP contribution in [0.1, 0.15) is 35.4 Å². The topological polar surface area (TPSA) is 89.9 Å². The average molecular weight is 504 g/mol. The van der Waals surface area contributed by atoms with Crippen molar-refractivity contribution in [2.45, 2.75) is 29.9 Å². The highest BCUT2D eigenvalue weighted by Crippen LogP contribution is 2.47. The summed E-state index contributed by atoms with van der Waals surface area (Å²) in [5.41, 5.74) is 3.91. The SMILES string of the molecule is C=S(N)(=O)c1ccc(-c2ccc3nc4c(n3c2)C(c2cc(Cl)ccc2OC(F)F)CC4O)cc1. The number of nitrogens with zero attached hydrogens (tertiary/aromatic N) is 2. The van der Waals surface area contributed by atoms with Gasteiger partial charge in [-0.2, -0.15) is 8.78 Å². The molecule has 6 nitrogen and oxygen atoms in total. The van der Waals surface area contributed by atoms with Crippen LogP contribution >= 0.6 is 11.6 Å². The number of benzene rings is 2. The second-order valence-electron chi connectivity index (χ2n) is 8.14. The highest BCUT2D eigenvalue weighted by Gasteiger charge is 2.37. The maximum absolute atomic E-state index is 13.0. The third-order valence-corrected chi connectivity index (χ3v) is 7.24. The lowest BCUT2D eigenvalue weighted by molar-refractivity contribution is -0.0506. The molecule has 0 bridgehead atoms. The third kappa shape index (κ3) is 4.05. The van der Waals surface area contributed by atoms with Crippen molar-refractivity contribution in [2.24, 2.45) is 5.14 Å². The fourth-order valence-electron chi connectivity index (χ4n) is 4.44. The van der Waals surface area contributed by atoms with Crippen molar-refractivity contribution in [1.82, 2.24) is 9.38 Å². The minimum atomic E-state index is -3.00. The lowest BCUT2D eigenvalue weighted by atomic mass is 9.95. The molecule has 2 aromatic heterocycles. The molecular weight excluding hydrogens is 484 g/mol. The molecule has 0 amide bonds. The number of aliphatic hydroxyl groups is 1. The predicted molar refractivity (Wildman–Crippen MR) is 128 cm³/mol. The zero-order valence-electron chi connectivity index (χ0n) is 17.7. The van der Waals surface area contributed by atoms with E-state index in [2.05, 4.69) is 10.9 Å². The Morgan fingerprint density at radius 3 is 2.56 bits per heavy atom. The van der Waals surface area contributed by atoms with Gasteiger partial charge in [-0.1, -0.05) is 23.7 Å². The second kappa shape index (κ2) is 8.35. The Kier molecular flexibility index (Phi) is 5.60. The van der Waals surface area contributed by atoms with Crippen molar-refractivity contribution in [3.63, 3.8) is 0 Å². The Morgan fingerprint density at radius 1 is 1.18 bits per heavy atom. The summed E-state index contributed by atoms with van der Waals surface area (Å²) >= 11 is 6.18. The molecule has 3 atom stereocenters. The van der Waals surface area contributed by atoms with Gasteiger partial charge in [-0.15, -0.1) is 0 Å². The highest BCUT2D eigenvalue weighted by molar-refractivity contribution is 7.98. The van der Waals surface area contributed by atoms with E-state index in [0.29, 0.717) is 32.5 Å². The van der Waals surface area contributed by atoms with E-state index in [-0.39, 0.29) is 12.2 Å². The molecule has 0 aliphatic heterocycles. The first kappa shape index (κ1) is 22.8. The number of nitrogens with two attached hydrogens (primary N) is 1. The molecule has 2 aromatic carbocycles. The van der Waals surface area contributed by atoms with Crippen LogP contribution in [0, 0.1) is 0 Å². The van der Waals surface area contributed by atoms with E-state index in [9.17, 15) is 18.1 Å². The predicted octanol–water partition coefficient (Wildman–Crippen LogP) is 4.77. The third-order valence-electron chi connectivity index (χ3n) is 5.94. The monoisotopic (exact) mass is 503 g/mol. The molecular formula is C24H20ClF2N3O3S. The number of aliphatic hydroxyl groups excluding tert-OH is 1. The quantitative estimate of drug-likeness (QED) is 0.384. The molecule has 5 rings (SSSR count). The Hall–Kier alpha value is -2.98. The highest BCUT2D eigenvalue weighted by atomic mass is 35.5. The van der Waals surface area contributed by atoms with Crippen molar-refractivity contribution < 1.29 is 22.8 Å². The molecule has 176 valence electrons. The normalized spacial score (nSPS) is 19.4. The van der Waals surface area contributed by atoms with Gasteiger partial charge in [0.05, 0.1) is 27.2 Å². The fourth-order valence-corrected chi connectivity index (χ4v) is 5.21. The molecule has 1 aliphatic rings. The molecule has 0 fully saturated rings. The van der Waals surface area contributed by atoms with Crippen molar-refractivity contribution in [1.29, 1.82) is 0 Å². The number of pyridine rings is 1. The zero-order chi connectivity index (χ0) is 24.2. The van der Waals surface area contributed by atoms with E-state index in [1.165, 1.54) is 12.1 Å². The average Bonchev–Trinajstić information content (AvgIpc) is 3.31. The summed E-state index contributed by atoms with van der Waals surface area (Å²) in [6.07, 6.45) is 1.26. The van der Waals surface area contributed by atoms with Crippen LogP contribution in [0.2, 0.25) is 5.02 Å². The van der Waals surface area contributed by atoms with Crippen molar-refractivity contribution in [2.75, 3.05) is 0 Å². The Balaban J connectivity index is 1.63. The van der Waals surface area contributed by atoms with Crippen LogP contribution in [-0.2, 0) is 9.71 Å². The molecule has 3 N–H and O–H groups in total. The number of fused-ring (bicyclic) bond motifs is 3. The van der Waals surface area contributed by atoms with Gasteiger partial charge in [0, 0.05) is 27.6 Å². The van der Waals surface area contributed by atoms with Crippen molar-refractivity contribution in [3.05, 3.63) is 82.8 Å². The summed E-state index contributed by atoms with van der Waals surface area (Å²) in [5.74, 6) is 3.04. The fraction of sp³-hybridized carbons (Fsp3) is 0.167. The molecule has 3 unspecified atom stereocenters. The first-order chi connectivity index (χ1) is 16.1. The Morgan fingerprint density at radius 2 is 1.88 bits per heavy atom. The Labute approximate surface area is 199 Å². The molecule has 4 aromatic rings. The Bertz CT molecular complexity index is 1500. The maximum Gasteiger partial charge on any atom is 0.387 e. The van der Waals surface area contributed by atoms with Gasteiger partial charge in [0.2, 0.25) is 0 Å². The lowest BCUT2D eigenvalue weighted by Crippen LogP contribution is -2.11. The van der Waals surface area contributed by atoms with Crippen molar-refractivity contribution in [3.8, 4) is 16.9 Å². The molecule has 0 radical (unpaired) electrons. The minimum Gasteiger partial charge on any atom is -0.435 e. The van der Waals surface area contributed by atoms with E-state index in [1.807, 2.05) is 22.7 Å². The van der Waals surface area contributed by atoms with Gasteiger partial charge in [0.1, 0.15) is 11.4 Å². The summed E-state index contributed by atoms with van der Waals surface area (Å²) in [7, 11) is -2.81. The number of rotatable bonds is 5. The molecule has 34 heavy (non-hydrogen) atoms. The lowest BCUT2D eigenvalue weighted by Gasteiger charge is -2.18. The first-order valence-electron chi connectivity index (χ1n) is 10.3. The van der Waals surface area contributed by atoms with Gasteiger partial charge in [0.15, 0.2) is 0 Å². The smallest absolute Gasteiger partial charge is 0.387 e. The molecule has 0 saturated heterocycles. The number of alkyl halides is 2. The number of imidazole rings is 1. The largest absolute Gasteiger partial charge is 0.435 e. The van der Waals surface area contributed by atoms with E-state index >= 15 is 0 Å². The molecule has 1 aliphatic carbocycles. The van der Waals surface area contributed by atoms with Crippen LogP contribution in [0.4, 0.5) is 8.78 Å². The van der Waals surface area contributed by atoms with E-state index in [4.69, 9.17) is 21.5 Å². The van der Waals surface area contributed by atoms with Crippen LogP contribution in [0.3, 0.4) is 0 Å². The van der Waals surface area contributed by atoms with E-state index < -0.39 is 28.3 Å². The van der Waals surface area contributed by atoms with Crippen LogP contribution in [0.5, 0.6) is 5.75 Å². The van der Waals surface area contributed by atoms with Crippen LogP contribution in [0.25, 0.3) is 16.8 Å². The van der Waals surface area contributed by atoms with Crippen molar-refractivity contribution >= 4 is 32.8 Å². The first-order valence-corrected chi connectivity index (χ1v) is 12.5. The minimum absolute atomic E-state index is 0.00435. The summed E-state index contributed by atoms with van der Waals surface area (Å²) < 4.78 is 44.7. The van der Waals surface area contributed by atoms with Gasteiger partial charge in [0.25, 0.3) is 0 Å². The van der Waals surface area contributed by atoms with Gasteiger partial charge in [-0.05, 0) is 65.9 Å². The summed E-state index contributed by atoms with van der Waals surface area (Å²) in [4.78, 5) is 5.01. The van der Waals surface area contributed by atoms with Crippen LogP contribution < -0.4 is 9.88 Å². The molecule has 0 spiro atoms. The standard InChI is InChI=1S/C24H20ClF2N3O3S/c1-34(28,32)16-6-2-13(3-7-16)14-4-9-21-29-22-19(31)11-18(23(22)30(21)12-14)17-10-15(25)5-8-20(17)33-24(26)27/h2-10,12,18-19,24,31H,1,11H2,(H2,28,32). The van der Waals surface area contributed by atoms with Gasteiger partial charge < -0.3 is 14.2 Å². The second-order valence-corrected chi connectivity index (χ2v) is 10.5. The van der Waals surface area contributed by atoms with E-state index in [1.54, 1.807) is 30.3 Å². The molecule has 2 heterocycles. The maximum atomic E-state index is 13.0. The summed E-state index contributed by atoms with van der Waals surface area (Å²) in [6.45, 7) is -3.00.